The molecule has 1 nitrogen and oxygen atoms in total. The Morgan fingerprint density at radius 1 is 0.298 bits per heavy atom. The summed E-state index contributed by atoms with van der Waals surface area (Å²) in [7, 11) is -3.13. The first kappa shape index (κ1) is 32.5. The van der Waals surface area contributed by atoms with E-state index >= 15 is 4.57 Å². The second kappa shape index (κ2) is 12.1. The van der Waals surface area contributed by atoms with Crippen LogP contribution in [0.15, 0.2) is 212 Å². The normalized spacial score (nSPS) is 15.2. The van der Waals surface area contributed by atoms with Gasteiger partial charge in [0, 0.05) is 15.9 Å². The third-order valence-electron chi connectivity index (χ3n) is 12.7. The Hall–Kier alpha value is -6.79. The zero-order valence-electron chi connectivity index (χ0n) is 31.1. The van der Waals surface area contributed by atoms with Crippen molar-refractivity contribution >= 4 is 55.4 Å². The minimum absolute atomic E-state index is 0.544. The monoisotopic (exact) mass is 742 g/mol. The highest BCUT2D eigenvalue weighted by Gasteiger charge is 2.53. The van der Waals surface area contributed by atoms with Crippen molar-refractivity contribution in [1.82, 2.24) is 0 Å². The second-order valence-electron chi connectivity index (χ2n) is 15.4. The fraction of sp³-hybridized carbons (Fsp3) is 0.0182. The van der Waals surface area contributed by atoms with Crippen LogP contribution in [0.25, 0.3) is 65.7 Å². The lowest BCUT2D eigenvalue weighted by atomic mass is 9.68. The molecule has 1 unspecified atom stereocenters. The lowest BCUT2D eigenvalue weighted by Gasteiger charge is -2.32. The molecule has 0 amide bonds. The number of rotatable bonds is 4. The Balaban J connectivity index is 1.14. The maximum Gasteiger partial charge on any atom is 0.171 e. The Labute approximate surface area is 331 Å². The van der Waals surface area contributed by atoms with Crippen LogP contribution in [0.5, 0.6) is 0 Å². The summed E-state index contributed by atoms with van der Waals surface area (Å²) in [6, 6.07) is 76.2. The predicted octanol–water partition coefficient (Wildman–Crippen LogP) is 12.8. The van der Waals surface area contributed by atoms with Crippen LogP contribution in [0, 0.1) is 0 Å². The standard InChI is InChI=1S/C55H35OP/c56-57(37-16-3-1-4-17-37,38-18-5-2-6-19-38)39-32-30-36(31-33-39)40-26-15-27-47-45-24-11-13-28-51(45)55(54(40)47)52-29-14-12-25-46(52)50-34-48-43-22-9-7-20-41(43)42-21-8-10-23-44(42)49(48)35-53(50)55/h1-35H. The molecule has 10 aromatic rings. The number of fused-ring (bicyclic) bond motifs is 16. The van der Waals surface area contributed by atoms with E-state index in [4.69, 9.17) is 0 Å². The van der Waals surface area contributed by atoms with E-state index in [-0.39, 0.29) is 0 Å². The van der Waals surface area contributed by atoms with E-state index in [1.807, 2.05) is 60.7 Å². The highest BCUT2D eigenvalue weighted by atomic mass is 31.2. The molecular weight excluding hydrogens is 708 g/mol. The summed E-state index contributed by atoms with van der Waals surface area (Å²) in [6.45, 7) is 0. The third-order valence-corrected chi connectivity index (χ3v) is 15.8. The van der Waals surface area contributed by atoms with Crippen molar-refractivity contribution in [3.8, 4) is 33.4 Å². The van der Waals surface area contributed by atoms with Gasteiger partial charge in [-0.25, -0.2) is 0 Å². The van der Waals surface area contributed by atoms with Gasteiger partial charge in [-0.05, 0) is 100 Å². The SMILES string of the molecule is O=P(c1ccccc1)(c1ccccc1)c1ccc(-c2cccc3c2C2(c4ccccc4-c4cc5c6ccccc6c6ccccc6c5cc42)c2ccccc2-3)cc1. The van der Waals surface area contributed by atoms with Gasteiger partial charge in [0.05, 0.1) is 5.41 Å². The molecule has 2 aliphatic rings. The predicted molar refractivity (Wildman–Crippen MR) is 240 cm³/mol. The molecule has 1 atom stereocenters. The van der Waals surface area contributed by atoms with Crippen LogP contribution in [-0.2, 0) is 9.98 Å². The molecule has 57 heavy (non-hydrogen) atoms. The van der Waals surface area contributed by atoms with E-state index in [0.717, 1.165) is 21.5 Å². The second-order valence-corrected chi connectivity index (χ2v) is 18.2. The van der Waals surface area contributed by atoms with Crippen molar-refractivity contribution in [2.45, 2.75) is 5.41 Å². The minimum Gasteiger partial charge on any atom is -0.309 e. The highest BCUT2D eigenvalue weighted by molar-refractivity contribution is 7.85. The fourth-order valence-electron chi connectivity index (χ4n) is 10.4. The van der Waals surface area contributed by atoms with E-state index in [9.17, 15) is 0 Å². The smallest absolute Gasteiger partial charge is 0.171 e. The molecule has 12 rings (SSSR count). The van der Waals surface area contributed by atoms with Crippen molar-refractivity contribution in [3.05, 3.63) is 235 Å². The van der Waals surface area contributed by atoms with Gasteiger partial charge >= 0.3 is 0 Å². The van der Waals surface area contributed by atoms with Crippen molar-refractivity contribution < 1.29 is 4.57 Å². The van der Waals surface area contributed by atoms with Crippen LogP contribution in [0.4, 0.5) is 0 Å². The molecular formula is C55H35OP. The fourth-order valence-corrected chi connectivity index (χ4v) is 13.1. The van der Waals surface area contributed by atoms with E-state index in [2.05, 4.69) is 152 Å². The maximum absolute atomic E-state index is 15.4. The summed E-state index contributed by atoms with van der Waals surface area (Å²) in [5.41, 5.74) is 12.1. The molecule has 2 aliphatic carbocycles. The summed E-state index contributed by atoms with van der Waals surface area (Å²) < 4.78 is 15.4. The first-order chi connectivity index (χ1) is 28.2. The van der Waals surface area contributed by atoms with Gasteiger partial charge in [0.2, 0.25) is 0 Å². The quantitative estimate of drug-likeness (QED) is 0.130. The van der Waals surface area contributed by atoms with Crippen molar-refractivity contribution in [3.63, 3.8) is 0 Å². The Kier molecular flexibility index (Phi) is 6.89. The summed E-state index contributed by atoms with van der Waals surface area (Å²) in [6.07, 6.45) is 0. The summed E-state index contributed by atoms with van der Waals surface area (Å²) in [5.74, 6) is 0. The van der Waals surface area contributed by atoms with Gasteiger partial charge in [-0.15, -0.1) is 0 Å². The first-order valence-corrected chi connectivity index (χ1v) is 21.4. The zero-order chi connectivity index (χ0) is 37.7. The molecule has 0 saturated carbocycles. The van der Waals surface area contributed by atoms with Gasteiger partial charge < -0.3 is 4.57 Å². The first-order valence-electron chi connectivity index (χ1n) is 19.7. The third kappa shape index (κ3) is 4.33. The van der Waals surface area contributed by atoms with Crippen molar-refractivity contribution in [1.29, 1.82) is 0 Å². The van der Waals surface area contributed by atoms with Crippen molar-refractivity contribution in [2.75, 3.05) is 0 Å². The largest absolute Gasteiger partial charge is 0.309 e. The van der Waals surface area contributed by atoms with Gasteiger partial charge in [0.1, 0.15) is 0 Å². The lowest BCUT2D eigenvalue weighted by molar-refractivity contribution is 0.592. The van der Waals surface area contributed by atoms with Crippen LogP contribution in [-0.4, -0.2) is 0 Å². The Morgan fingerprint density at radius 2 is 0.719 bits per heavy atom. The number of hydrogen-bond donors (Lipinski definition) is 0. The molecule has 0 aromatic heterocycles. The molecule has 2 heteroatoms. The molecule has 0 heterocycles. The number of hydrogen-bond acceptors (Lipinski definition) is 1. The Bertz CT molecular complexity index is 3270. The van der Waals surface area contributed by atoms with Gasteiger partial charge in [0.15, 0.2) is 7.14 Å². The van der Waals surface area contributed by atoms with Gasteiger partial charge in [-0.2, -0.15) is 0 Å². The van der Waals surface area contributed by atoms with E-state index < -0.39 is 12.6 Å². The molecule has 0 radical (unpaired) electrons. The molecule has 0 fully saturated rings. The van der Waals surface area contributed by atoms with Crippen LogP contribution < -0.4 is 15.9 Å². The average molecular weight is 743 g/mol. The summed E-state index contributed by atoms with van der Waals surface area (Å²) >= 11 is 0. The van der Waals surface area contributed by atoms with Crippen LogP contribution in [0.2, 0.25) is 0 Å². The number of benzene rings is 10. The highest BCUT2D eigenvalue weighted by Crippen LogP contribution is 2.65. The molecule has 10 aromatic carbocycles. The lowest BCUT2D eigenvalue weighted by Crippen LogP contribution is -2.27. The van der Waals surface area contributed by atoms with E-state index in [1.165, 1.54) is 82.4 Å². The molecule has 0 N–H and O–H groups in total. The minimum atomic E-state index is -3.13. The topological polar surface area (TPSA) is 17.1 Å². The molecule has 0 aliphatic heterocycles. The van der Waals surface area contributed by atoms with E-state index in [0.29, 0.717) is 0 Å². The molecule has 0 bridgehead atoms. The Morgan fingerprint density at radius 3 is 1.30 bits per heavy atom. The maximum atomic E-state index is 15.4. The van der Waals surface area contributed by atoms with Crippen LogP contribution in [0.3, 0.4) is 0 Å². The van der Waals surface area contributed by atoms with Gasteiger partial charge in [0.25, 0.3) is 0 Å². The van der Waals surface area contributed by atoms with Gasteiger partial charge in [-0.1, -0.05) is 200 Å². The summed E-state index contributed by atoms with van der Waals surface area (Å²) in [5, 5.41) is 10.2. The van der Waals surface area contributed by atoms with Crippen molar-refractivity contribution in [2.24, 2.45) is 0 Å². The zero-order valence-corrected chi connectivity index (χ0v) is 32.0. The van der Waals surface area contributed by atoms with E-state index in [1.54, 1.807) is 0 Å². The average Bonchev–Trinajstić information content (AvgIpc) is 3.76. The molecule has 0 saturated heterocycles. The molecule has 266 valence electrons. The molecule has 1 spiro atoms. The van der Waals surface area contributed by atoms with Crippen LogP contribution >= 0.6 is 7.14 Å². The van der Waals surface area contributed by atoms with Gasteiger partial charge in [-0.3, -0.25) is 0 Å². The van der Waals surface area contributed by atoms with Crippen LogP contribution in [0.1, 0.15) is 22.3 Å². The summed E-state index contributed by atoms with van der Waals surface area (Å²) in [4.78, 5) is 0.